The molecule has 0 radical (unpaired) electrons. The second kappa shape index (κ2) is 4.79. The molecule has 2 rings (SSSR count). The molecule has 8 heteroatoms. The summed E-state index contributed by atoms with van der Waals surface area (Å²) in [6.07, 6.45) is 1.95. The van der Waals surface area contributed by atoms with Crippen molar-refractivity contribution in [3.8, 4) is 0 Å². The lowest BCUT2D eigenvalue weighted by Crippen LogP contribution is -2.28. The Morgan fingerprint density at radius 2 is 1.74 bits per heavy atom. The molecule has 19 heavy (non-hydrogen) atoms. The van der Waals surface area contributed by atoms with E-state index < -0.39 is 12.1 Å². The first kappa shape index (κ1) is 13.2. The number of carbonyl (C=O) groups excluding carboxylic acids is 2. The molecule has 1 saturated carbocycles. The number of carbonyl (C=O) groups is 2. The average Bonchev–Trinajstić information content (AvgIpc) is 3.02. The number of hydrogen-bond acceptors (Lipinski definition) is 4. The zero-order chi connectivity index (χ0) is 14.0. The monoisotopic (exact) mass is 267 g/mol. The molecule has 0 unspecified atom stereocenters. The molecule has 4 amide bonds. The van der Waals surface area contributed by atoms with Gasteiger partial charge in [0.1, 0.15) is 11.4 Å². The van der Waals surface area contributed by atoms with Gasteiger partial charge in [0.2, 0.25) is 0 Å². The van der Waals surface area contributed by atoms with Gasteiger partial charge in [0.05, 0.1) is 0 Å². The highest BCUT2D eigenvalue weighted by molar-refractivity contribution is 5.97. The molecule has 104 valence electrons. The van der Waals surface area contributed by atoms with Crippen LogP contribution in [0.1, 0.15) is 25.5 Å². The summed E-state index contributed by atoms with van der Waals surface area (Å²) >= 11 is 0. The van der Waals surface area contributed by atoms with Crippen LogP contribution in [-0.4, -0.2) is 31.3 Å². The number of anilines is 2. The van der Waals surface area contributed by atoms with Gasteiger partial charge in [-0.25, -0.2) is 9.59 Å². The minimum absolute atomic E-state index is 0.0948. The predicted octanol–water partition coefficient (Wildman–Crippen LogP) is 1.23. The highest BCUT2D eigenvalue weighted by atomic mass is 16.5. The smallest absolute Gasteiger partial charge is 0.321 e. The van der Waals surface area contributed by atoms with Gasteiger partial charge in [0, 0.05) is 19.5 Å². The number of hydrogen-bond donors (Lipinski definition) is 4. The van der Waals surface area contributed by atoms with Crippen LogP contribution in [0.4, 0.5) is 21.2 Å². The zero-order valence-electron chi connectivity index (χ0n) is 11.1. The van der Waals surface area contributed by atoms with Gasteiger partial charge in [0.15, 0.2) is 0 Å². The Labute approximate surface area is 110 Å². The SMILES string of the molecule is CNC(=O)Nc1onc(C2(C)CC2)c1NC(=O)NC. The molecule has 1 aromatic rings. The van der Waals surface area contributed by atoms with E-state index in [9.17, 15) is 9.59 Å². The molecular weight excluding hydrogens is 250 g/mol. The summed E-state index contributed by atoms with van der Waals surface area (Å²) in [6.45, 7) is 2.03. The summed E-state index contributed by atoms with van der Waals surface area (Å²) in [4.78, 5) is 22.8. The largest absolute Gasteiger partial charge is 0.341 e. The van der Waals surface area contributed by atoms with Crippen molar-refractivity contribution in [2.75, 3.05) is 24.7 Å². The second-order valence-corrected chi connectivity index (χ2v) is 4.70. The minimum atomic E-state index is -0.441. The molecule has 0 spiro atoms. The van der Waals surface area contributed by atoms with Crippen LogP contribution in [0.5, 0.6) is 0 Å². The van der Waals surface area contributed by atoms with Crippen molar-refractivity contribution >= 4 is 23.6 Å². The van der Waals surface area contributed by atoms with E-state index in [4.69, 9.17) is 4.52 Å². The van der Waals surface area contributed by atoms with Crippen LogP contribution in [0.2, 0.25) is 0 Å². The number of nitrogens with zero attached hydrogens (tertiary/aromatic N) is 1. The first-order valence-corrected chi connectivity index (χ1v) is 5.98. The summed E-state index contributed by atoms with van der Waals surface area (Å²) < 4.78 is 5.12. The highest BCUT2D eigenvalue weighted by Crippen LogP contribution is 2.51. The number of amides is 4. The van der Waals surface area contributed by atoms with Gasteiger partial charge < -0.3 is 20.5 Å². The van der Waals surface area contributed by atoms with E-state index in [1.165, 1.54) is 14.1 Å². The van der Waals surface area contributed by atoms with Crippen molar-refractivity contribution < 1.29 is 14.1 Å². The summed E-state index contributed by atoms with van der Waals surface area (Å²) in [5.74, 6) is 0.131. The summed E-state index contributed by atoms with van der Waals surface area (Å²) in [6, 6.07) is -0.836. The van der Waals surface area contributed by atoms with E-state index in [0.29, 0.717) is 11.4 Å². The van der Waals surface area contributed by atoms with Gasteiger partial charge in [-0.15, -0.1) is 0 Å². The first-order chi connectivity index (χ1) is 9.00. The molecule has 8 nitrogen and oxygen atoms in total. The quantitative estimate of drug-likeness (QED) is 0.660. The molecule has 0 atom stereocenters. The summed E-state index contributed by atoms with van der Waals surface area (Å²) in [5.41, 5.74) is 0.966. The Hall–Kier alpha value is -2.25. The van der Waals surface area contributed by atoms with Crippen LogP contribution in [0.3, 0.4) is 0 Å². The van der Waals surface area contributed by atoms with Gasteiger partial charge >= 0.3 is 12.1 Å². The molecule has 0 bridgehead atoms. The molecule has 1 aromatic heterocycles. The van der Waals surface area contributed by atoms with Crippen molar-refractivity contribution in [2.45, 2.75) is 25.2 Å². The number of nitrogens with one attached hydrogen (secondary N) is 4. The van der Waals surface area contributed by atoms with E-state index >= 15 is 0 Å². The van der Waals surface area contributed by atoms with Crippen LogP contribution >= 0.6 is 0 Å². The van der Waals surface area contributed by atoms with Crippen LogP contribution < -0.4 is 21.3 Å². The van der Waals surface area contributed by atoms with E-state index in [-0.39, 0.29) is 11.3 Å². The van der Waals surface area contributed by atoms with Crippen molar-refractivity contribution in [3.05, 3.63) is 5.69 Å². The third kappa shape index (κ3) is 2.61. The van der Waals surface area contributed by atoms with Gasteiger partial charge in [0.25, 0.3) is 5.88 Å². The average molecular weight is 267 g/mol. The van der Waals surface area contributed by atoms with E-state index in [2.05, 4.69) is 26.4 Å². The van der Waals surface area contributed by atoms with Gasteiger partial charge in [-0.05, 0) is 12.8 Å². The number of aromatic nitrogens is 1. The molecule has 0 aromatic carbocycles. The molecule has 0 aliphatic heterocycles. The van der Waals surface area contributed by atoms with Gasteiger partial charge in [-0.3, -0.25) is 5.32 Å². The molecular formula is C11H17N5O3. The summed E-state index contributed by atoms with van der Waals surface area (Å²) in [5, 5.41) is 13.9. The second-order valence-electron chi connectivity index (χ2n) is 4.70. The Morgan fingerprint density at radius 3 is 2.26 bits per heavy atom. The van der Waals surface area contributed by atoms with Crippen molar-refractivity contribution in [3.63, 3.8) is 0 Å². The van der Waals surface area contributed by atoms with Gasteiger partial charge in [-0.2, -0.15) is 0 Å². The third-order valence-corrected chi connectivity index (χ3v) is 3.18. The fourth-order valence-electron chi connectivity index (χ4n) is 1.67. The molecule has 1 fully saturated rings. The Balaban J connectivity index is 2.29. The maximum Gasteiger partial charge on any atom is 0.321 e. The lowest BCUT2D eigenvalue weighted by molar-refractivity contribution is 0.252. The lowest BCUT2D eigenvalue weighted by atomic mass is 10.0. The van der Waals surface area contributed by atoms with Crippen molar-refractivity contribution in [1.29, 1.82) is 0 Å². The maximum atomic E-state index is 11.5. The Bertz CT molecular complexity index is 506. The van der Waals surface area contributed by atoms with Crippen LogP contribution in [-0.2, 0) is 5.41 Å². The Kier molecular flexibility index (Phi) is 3.32. The molecule has 1 heterocycles. The highest BCUT2D eigenvalue weighted by Gasteiger charge is 2.45. The topological polar surface area (TPSA) is 108 Å². The lowest BCUT2D eigenvalue weighted by Gasteiger charge is -2.09. The maximum absolute atomic E-state index is 11.5. The first-order valence-electron chi connectivity index (χ1n) is 5.98. The number of rotatable bonds is 3. The van der Waals surface area contributed by atoms with Gasteiger partial charge in [-0.1, -0.05) is 12.1 Å². The van der Waals surface area contributed by atoms with Crippen molar-refractivity contribution in [1.82, 2.24) is 15.8 Å². The Morgan fingerprint density at radius 1 is 1.16 bits per heavy atom. The summed E-state index contributed by atoms with van der Waals surface area (Å²) in [7, 11) is 2.99. The molecule has 1 aliphatic carbocycles. The zero-order valence-corrected chi connectivity index (χ0v) is 11.1. The van der Waals surface area contributed by atoms with E-state index in [0.717, 1.165) is 12.8 Å². The van der Waals surface area contributed by atoms with E-state index in [1.54, 1.807) is 0 Å². The van der Waals surface area contributed by atoms with Crippen molar-refractivity contribution in [2.24, 2.45) is 0 Å². The molecule has 1 aliphatic rings. The minimum Gasteiger partial charge on any atom is -0.341 e. The third-order valence-electron chi connectivity index (χ3n) is 3.18. The molecule has 4 N–H and O–H groups in total. The standard InChI is InChI=1S/C11H17N5O3/c1-11(4-5-11)7-6(14-9(17)12-2)8(19-16-7)15-10(18)13-3/h4-5H2,1-3H3,(H2,12,14,17)(H2,13,15,18). The number of urea groups is 2. The molecule has 0 saturated heterocycles. The van der Waals surface area contributed by atoms with Crippen LogP contribution in [0.15, 0.2) is 4.52 Å². The van der Waals surface area contributed by atoms with E-state index in [1.807, 2.05) is 6.92 Å². The van der Waals surface area contributed by atoms with Crippen LogP contribution in [0, 0.1) is 0 Å². The fraction of sp³-hybridized carbons (Fsp3) is 0.545. The normalized spacial score (nSPS) is 15.5. The van der Waals surface area contributed by atoms with Crippen LogP contribution in [0.25, 0.3) is 0 Å². The fourth-order valence-corrected chi connectivity index (χ4v) is 1.67. The predicted molar refractivity (Wildman–Crippen MR) is 69.2 cm³/mol.